The van der Waals surface area contributed by atoms with Gasteiger partial charge in [-0.2, -0.15) is 0 Å². The summed E-state index contributed by atoms with van der Waals surface area (Å²) in [4.78, 5) is 2.47. The van der Waals surface area contributed by atoms with Gasteiger partial charge < -0.3 is 13.7 Å². The number of fused-ring (bicyclic) bond motifs is 9. The number of anilines is 2. The minimum absolute atomic E-state index is 0.268. The van der Waals surface area contributed by atoms with E-state index >= 15 is 0 Å². The Morgan fingerprint density at radius 1 is 0.513 bits per heavy atom. The molecule has 0 bridgehead atoms. The summed E-state index contributed by atoms with van der Waals surface area (Å²) in [5.74, 6) is 0.360. The maximum Gasteiger partial charge on any atom is 0.139 e. The lowest BCUT2D eigenvalue weighted by atomic mass is 9.91. The Bertz CT molecular complexity index is 2140. The molecule has 5 aromatic carbocycles. The third-order valence-corrected chi connectivity index (χ3v) is 8.39. The molecular weight excluding hydrogens is 478 g/mol. The molecular formula is C36H23NO2. The topological polar surface area (TPSA) is 29.5 Å². The zero-order valence-electron chi connectivity index (χ0n) is 21.0. The second-order valence-electron chi connectivity index (χ2n) is 10.5. The molecule has 3 heteroatoms. The number of hydrogen-bond donors (Lipinski definition) is 0. The standard InChI is InChI=1S/C36H23NO2/c1-2-8-22(9-3-1)23-14-16-33-27(18-23)29-20-30-28-19-24(15-17-34(28)39-36(30)21-35(29)38-33)37-31-12-6-4-10-25(31)26-11-5-7-13-32(26)37/h1-21,25,31H. The number of para-hydroxylation sites is 1. The highest BCUT2D eigenvalue weighted by Gasteiger charge is 2.37. The summed E-state index contributed by atoms with van der Waals surface area (Å²) in [5, 5.41) is 4.45. The molecule has 0 spiro atoms. The van der Waals surface area contributed by atoms with Crippen molar-refractivity contribution in [3.8, 4) is 11.1 Å². The average Bonchev–Trinajstić information content (AvgIpc) is 3.64. The Kier molecular flexibility index (Phi) is 4.17. The molecule has 1 aliphatic heterocycles. The van der Waals surface area contributed by atoms with Crippen LogP contribution >= 0.6 is 0 Å². The predicted octanol–water partition coefficient (Wildman–Crippen LogP) is 9.88. The van der Waals surface area contributed by atoms with Crippen LogP contribution in [0, 0.1) is 0 Å². The van der Waals surface area contributed by atoms with E-state index in [1.165, 1.54) is 28.1 Å². The van der Waals surface area contributed by atoms with E-state index < -0.39 is 0 Å². The van der Waals surface area contributed by atoms with Gasteiger partial charge in [0.1, 0.15) is 22.3 Å². The third-order valence-electron chi connectivity index (χ3n) is 8.39. The maximum absolute atomic E-state index is 6.34. The van der Waals surface area contributed by atoms with E-state index in [-0.39, 0.29) is 6.04 Å². The van der Waals surface area contributed by atoms with Gasteiger partial charge in [-0.05, 0) is 59.2 Å². The van der Waals surface area contributed by atoms with E-state index in [2.05, 4.69) is 120 Å². The first-order chi connectivity index (χ1) is 19.3. The summed E-state index contributed by atoms with van der Waals surface area (Å²) >= 11 is 0. The van der Waals surface area contributed by atoms with Crippen molar-refractivity contribution in [1.29, 1.82) is 0 Å². The first-order valence-corrected chi connectivity index (χ1v) is 13.4. The number of furan rings is 2. The molecule has 2 unspecified atom stereocenters. The second kappa shape index (κ2) is 7.75. The molecule has 9 rings (SSSR count). The van der Waals surface area contributed by atoms with Gasteiger partial charge >= 0.3 is 0 Å². The Morgan fingerprint density at radius 3 is 2.05 bits per heavy atom. The summed E-state index contributed by atoms with van der Waals surface area (Å²) in [6, 6.07) is 36.8. The Labute approximate surface area is 224 Å². The van der Waals surface area contributed by atoms with Crippen LogP contribution in [0.15, 0.2) is 136 Å². The lowest BCUT2D eigenvalue weighted by Crippen LogP contribution is -2.28. The van der Waals surface area contributed by atoms with Crippen molar-refractivity contribution >= 4 is 55.3 Å². The van der Waals surface area contributed by atoms with Gasteiger partial charge in [-0.25, -0.2) is 0 Å². The predicted molar refractivity (Wildman–Crippen MR) is 160 cm³/mol. The van der Waals surface area contributed by atoms with Crippen LogP contribution in [-0.4, -0.2) is 6.04 Å². The Hall–Kier alpha value is -5.02. The summed E-state index contributed by atoms with van der Waals surface area (Å²) in [6.07, 6.45) is 8.96. The van der Waals surface area contributed by atoms with Gasteiger partial charge in [0.2, 0.25) is 0 Å². The number of allylic oxidation sites excluding steroid dienone is 2. The third kappa shape index (κ3) is 2.98. The zero-order valence-corrected chi connectivity index (χ0v) is 21.0. The molecule has 184 valence electrons. The minimum atomic E-state index is 0.268. The van der Waals surface area contributed by atoms with Crippen molar-refractivity contribution in [1.82, 2.24) is 0 Å². The molecule has 0 N–H and O–H groups in total. The van der Waals surface area contributed by atoms with Crippen molar-refractivity contribution < 1.29 is 8.83 Å². The molecule has 2 aliphatic rings. The van der Waals surface area contributed by atoms with E-state index in [4.69, 9.17) is 8.83 Å². The van der Waals surface area contributed by atoms with Gasteiger partial charge in [0.05, 0.1) is 6.04 Å². The van der Waals surface area contributed by atoms with Gasteiger partial charge in [-0.15, -0.1) is 0 Å². The smallest absolute Gasteiger partial charge is 0.139 e. The van der Waals surface area contributed by atoms with Gasteiger partial charge in [0.15, 0.2) is 0 Å². The molecule has 3 heterocycles. The van der Waals surface area contributed by atoms with Crippen LogP contribution in [0.2, 0.25) is 0 Å². The monoisotopic (exact) mass is 501 g/mol. The summed E-state index contributed by atoms with van der Waals surface area (Å²) in [6.45, 7) is 0. The van der Waals surface area contributed by atoms with Crippen LogP contribution in [0.1, 0.15) is 11.5 Å². The summed E-state index contributed by atoms with van der Waals surface area (Å²) in [5.41, 5.74) is 9.67. The van der Waals surface area contributed by atoms with Crippen molar-refractivity contribution in [2.75, 3.05) is 4.90 Å². The summed E-state index contributed by atoms with van der Waals surface area (Å²) in [7, 11) is 0. The fourth-order valence-electron chi connectivity index (χ4n) is 6.59. The molecule has 2 aromatic heterocycles. The van der Waals surface area contributed by atoms with Crippen molar-refractivity contribution in [2.45, 2.75) is 12.0 Å². The number of hydrogen-bond acceptors (Lipinski definition) is 3. The lowest BCUT2D eigenvalue weighted by molar-refractivity contribution is 0.656. The van der Waals surface area contributed by atoms with Crippen LogP contribution in [0.3, 0.4) is 0 Å². The van der Waals surface area contributed by atoms with E-state index in [0.29, 0.717) is 5.92 Å². The number of rotatable bonds is 2. The van der Waals surface area contributed by atoms with Crippen LogP contribution in [0.5, 0.6) is 0 Å². The Balaban J connectivity index is 1.24. The highest BCUT2D eigenvalue weighted by atomic mass is 16.3. The largest absolute Gasteiger partial charge is 0.456 e. The van der Waals surface area contributed by atoms with Crippen molar-refractivity contribution in [3.63, 3.8) is 0 Å². The molecule has 3 nitrogen and oxygen atoms in total. The molecule has 7 aromatic rings. The zero-order chi connectivity index (χ0) is 25.5. The fraction of sp³-hybridized carbons (Fsp3) is 0.0556. The molecule has 0 amide bonds. The second-order valence-corrected chi connectivity index (χ2v) is 10.5. The first kappa shape index (κ1) is 21.0. The van der Waals surface area contributed by atoms with Crippen molar-refractivity contribution in [2.24, 2.45) is 0 Å². The van der Waals surface area contributed by atoms with E-state index in [9.17, 15) is 0 Å². The quantitative estimate of drug-likeness (QED) is 0.236. The van der Waals surface area contributed by atoms with Crippen LogP contribution in [-0.2, 0) is 0 Å². The van der Waals surface area contributed by atoms with Crippen LogP contribution < -0.4 is 4.90 Å². The lowest BCUT2D eigenvalue weighted by Gasteiger charge is -2.28. The fourth-order valence-corrected chi connectivity index (χ4v) is 6.59. The minimum Gasteiger partial charge on any atom is -0.456 e. The molecule has 0 saturated heterocycles. The van der Waals surface area contributed by atoms with E-state index in [0.717, 1.165) is 43.9 Å². The van der Waals surface area contributed by atoms with Crippen molar-refractivity contribution in [3.05, 3.63) is 133 Å². The molecule has 0 fully saturated rings. The highest BCUT2D eigenvalue weighted by Crippen LogP contribution is 2.48. The highest BCUT2D eigenvalue weighted by molar-refractivity contribution is 6.16. The van der Waals surface area contributed by atoms with Gasteiger partial charge in [0.25, 0.3) is 0 Å². The molecule has 39 heavy (non-hydrogen) atoms. The van der Waals surface area contributed by atoms with E-state index in [1.807, 2.05) is 12.1 Å². The van der Waals surface area contributed by atoms with Gasteiger partial charge in [0, 0.05) is 44.9 Å². The maximum atomic E-state index is 6.34. The average molecular weight is 502 g/mol. The normalized spacial score (nSPS) is 18.0. The molecule has 0 radical (unpaired) electrons. The number of benzene rings is 5. The van der Waals surface area contributed by atoms with Gasteiger partial charge in [-0.1, -0.05) is 78.9 Å². The van der Waals surface area contributed by atoms with Crippen LogP contribution in [0.25, 0.3) is 55.0 Å². The summed E-state index contributed by atoms with van der Waals surface area (Å²) < 4.78 is 12.6. The molecule has 2 atom stereocenters. The Morgan fingerprint density at radius 2 is 1.21 bits per heavy atom. The SMILES string of the molecule is C1=CC2c3ccccc3N(c3ccc4oc5cc6oc7ccc(-c8ccccc8)cc7c6cc5c4c3)C2C=C1. The van der Waals surface area contributed by atoms with E-state index in [1.54, 1.807) is 0 Å². The van der Waals surface area contributed by atoms with Gasteiger partial charge in [-0.3, -0.25) is 0 Å². The molecule has 1 aliphatic carbocycles. The number of nitrogens with zero attached hydrogens (tertiary/aromatic N) is 1. The first-order valence-electron chi connectivity index (χ1n) is 13.4. The van der Waals surface area contributed by atoms with Crippen LogP contribution in [0.4, 0.5) is 11.4 Å². The molecule has 0 saturated carbocycles.